The highest BCUT2D eigenvalue weighted by Crippen LogP contribution is 2.18. The van der Waals surface area contributed by atoms with Crippen molar-refractivity contribution in [1.29, 1.82) is 0 Å². The molecule has 1 aromatic carbocycles. The van der Waals surface area contributed by atoms with Crippen LogP contribution in [0.4, 0.5) is 23.1 Å². The van der Waals surface area contributed by atoms with Gasteiger partial charge in [0.05, 0.1) is 12.8 Å². The lowest BCUT2D eigenvalue weighted by Crippen LogP contribution is -2.11. The monoisotopic (exact) mass is 302 g/mol. The predicted molar refractivity (Wildman–Crippen MR) is 84.2 cm³/mol. The van der Waals surface area contributed by atoms with Gasteiger partial charge in [-0.1, -0.05) is 6.07 Å². The van der Waals surface area contributed by atoms with Crippen molar-refractivity contribution in [3.8, 4) is 0 Å². The number of methoxy groups -OCH3 is 1. The fourth-order valence-electron chi connectivity index (χ4n) is 1.73. The average Bonchev–Trinajstić information content (AvgIpc) is 2.47. The first kappa shape index (κ1) is 15.6. The summed E-state index contributed by atoms with van der Waals surface area (Å²) in [7, 11) is 1.63. The van der Waals surface area contributed by atoms with Gasteiger partial charge in [-0.05, 0) is 18.2 Å². The Labute approximate surface area is 128 Å². The SMILES string of the molecule is COCCNc1nncc(Nc2cccc(NC(C)=O)c2)n1. The summed E-state index contributed by atoms with van der Waals surface area (Å²) in [5.74, 6) is 0.848. The number of hydrogen-bond acceptors (Lipinski definition) is 7. The maximum absolute atomic E-state index is 11.1. The van der Waals surface area contributed by atoms with Crippen molar-refractivity contribution in [2.45, 2.75) is 6.92 Å². The highest BCUT2D eigenvalue weighted by molar-refractivity contribution is 5.89. The quantitative estimate of drug-likeness (QED) is 0.668. The number of carbonyl (C=O) groups excluding carboxylic acids is 1. The molecule has 8 nitrogen and oxygen atoms in total. The van der Waals surface area contributed by atoms with E-state index < -0.39 is 0 Å². The summed E-state index contributed by atoms with van der Waals surface area (Å²) in [5.41, 5.74) is 1.49. The van der Waals surface area contributed by atoms with Crippen molar-refractivity contribution in [2.75, 3.05) is 36.2 Å². The van der Waals surface area contributed by atoms with E-state index in [-0.39, 0.29) is 5.91 Å². The fourth-order valence-corrected chi connectivity index (χ4v) is 1.73. The summed E-state index contributed by atoms with van der Waals surface area (Å²) >= 11 is 0. The number of nitrogens with zero attached hydrogens (tertiary/aromatic N) is 3. The Hall–Kier alpha value is -2.74. The molecule has 0 unspecified atom stereocenters. The number of ether oxygens (including phenoxy) is 1. The van der Waals surface area contributed by atoms with E-state index in [2.05, 4.69) is 31.1 Å². The third kappa shape index (κ3) is 4.98. The molecule has 0 aliphatic heterocycles. The molecule has 22 heavy (non-hydrogen) atoms. The van der Waals surface area contributed by atoms with Crippen LogP contribution in [0.15, 0.2) is 30.5 Å². The molecule has 0 fully saturated rings. The molecule has 0 spiro atoms. The molecular formula is C14H18N6O2. The number of amides is 1. The zero-order chi connectivity index (χ0) is 15.8. The topological polar surface area (TPSA) is 101 Å². The van der Waals surface area contributed by atoms with Gasteiger partial charge in [0, 0.05) is 32.0 Å². The number of rotatable bonds is 7. The van der Waals surface area contributed by atoms with E-state index in [0.717, 1.165) is 5.69 Å². The Kier molecular flexibility index (Phi) is 5.61. The van der Waals surface area contributed by atoms with Gasteiger partial charge in [0.25, 0.3) is 0 Å². The van der Waals surface area contributed by atoms with Gasteiger partial charge in [0.2, 0.25) is 11.9 Å². The van der Waals surface area contributed by atoms with Gasteiger partial charge in [0.1, 0.15) is 0 Å². The first-order valence-corrected chi connectivity index (χ1v) is 6.74. The van der Waals surface area contributed by atoms with Crippen LogP contribution >= 0.6 is 0 Å². The zero-order valence-electron chi connectivity index (χ0n) is 12.5. The molecule has 2 aromatic rings. The Bertz CT molecular complexity index is 634. The van der Waals surface area contributed by atoms with Crippen LogP contribution in [-0.4, -0.2) is 41.3 Å². The van der Waals surface area contributed by atoms with Crippen molar-refractivity contribution < 1.29 is 9.53 Å². The average molecular weight is 302 g/mol. The number of carbonyl (C=O) groups is 1. The van der Waals surface area contributed by atoms with Crippen LogP contribution in [0.1, 0.15) is 6.92 Å². The molecule has 0 radical (unpaired) electrons. The number of anilines is 4. The highest BCUT2D eigenvalue weighted by atomic mass is 16.5. The largest absolute Gasteiger partial charge is 0.383 e. The number of hydrogen-bond donors (Lipinski definition) is 3. The van der Waals surface area contributed by atoms with Crippen molar-refractivity contribution in [2.24, 2.45) is 0 Å². The standard InChI is InChI=1S/C14H18N6O2/c1-10(21)17-11-4-3-5-12(8-11)18-13-9-16-20-14(19-13)15-6-7-22-2/h3-5,8-9H,6-7H2,1-2H3,(H,17,21)(H2,15,18,19,20). The molecule has 0 saturated carbocycles. The molecular weight excluding hydrogens is 284 g/mol. The Morgan fingerprint density at radius 2 is 2.14 bits per heavy atom. The zero-order valence-corrected chi connectivity index (χ0v) is 12.5. The lowest BCUT2D eigenvalue weighted by molar-refractivity contribution is -0.114. The van der Waals surface area contributed by atoms with E-state index in [1.165, 1.54) is 13.1 Å². The van der Waals surface area contributed by atoms with Crippen LogP contribution in [0, 0.1) is 0 Å². The summed E-state index contributed by atoms with van der Waals surface area (Å²) in [6.07, 6.45) is 1.52. The second-order valence-electron chi connectivity index (χ2n) is 4.47. The van der Waals surface area contributed by atoms with E-state index in [9.17, 15) is 4.79 Å². The molecule has 0 saturated heterocycles. The first-order chi connectivity index (χ1) is 10.7. The van der Waals surface area contributed by atoms with Crippen LogP contribution < -0.4 is 16.0 Å². The van der Waals surface area contributed by atoms with Crippen molar-refractivity contribution in [3.05, 3.63) is 30.5 Å². The molecule has 1 aromatic heterocycles. The second kappa shape index (κ2) is 7.89. The van der Waals surface area contributed by atoms with Crippen LogP contribution in [0.5, 0.6) is 0 Å². The van der Waals surface area contributed by atoms with Gasteiger partial charge in [-0.2, -0.15) is 10.1 Å². The van der Waals surface area contributed by atoms with E-state index in [1.807, 2.05) is 24.3 Å². The van der Waals surface area contributed by atoms with Crippen molar-refractivity contribution in [3.63, 3.8) is 0 Å². The summed E-state index contributed by atoms with van der Waals surface area (Å²) in [6, 6.07) is 7.31. The number of aromatic nitrogens is 3. The Balaban J connectivity index is 2.03. The van der Waals surface area contributed by atoms with E-state index >= 15 is 0 Å². The van der Waals surface area contributed by atoms with Crippen LogP contribution in [0.25, 0.3) is 0 Å². The van der Waals surface area contributed by atoms with E-state index in [0.29, 0.717) is 30.6 Å². The van der Waals surface area contributed by atoms with Crippen LogP contribution in [0.2, 0.25) is 0 Å². The minimum absolute atomic E-state index is 0.120. The lowest BCUT2D eigenvalue weighted by atomic mass is 10.2. The predicted octanol–water partition coefficient (Wildman–Crippen LogP) is 1.63. The molecule has 2 rings (SSSR count). The number of benzene rings is 1. The maximum Gasteiger partial charge on any atom is 0.244 e. The molecule has 0 bridgehead atoms. The normalized spacial score (nSPS) is 10.1. The number of nitrogens with one attached hydrogen (secondary N) is 3. The summed E-state index contributed by atoms with van der Waals surface area (Å²) in [4.78, 5) is 15.4. The molecule has 8 heteroatoms. The van der Waals surface area contributed by atoms with Gasteiger partial charge in [-0.3, -0.25) is 4.79 Å². The minimum Gasteiger partial charge on any atom is -0.383 e. The van der Waals surface area contributed by atoms with Gasteiger partial charge in [-0.25, -0.2) is 0 Å². The summed E-state index contributed by atoms with van der Waals surface area (Å²) in [6.45, 7) is 2.62. The minimum atomic E-state index is -0.120. The van der Waals surface area contributed by atoms with E-state index in [4.69, 9.17) is 4.74 Å². The van der Waals surface area contributed by atoms with Crippen LogP contribution in [0.3, 0.4) is 0 Å². The molecule has 1 heterocycles. The van der Waals surface area contributed by atoms with Crippen molar-refractivity contribution in [1.82, 2.24) is 15.2 Å². The Morgan fingerprint density at radius 3 is 2.91 bits per heavy atom. The van der Waals surface area contributed by atoms with Gasteiger partial charge in [-0.15, -0.1) is 5.10 Å². The summed E-state index contributed by atoms with van der Waals surface area (Å²) in [5, 5.41) is 16.6. The maximum atomic E-state index is 11.1. The highest BCUT2D eigenvalue weighted by Gasteiger charge is 2.02. The third-order valence-electron chi connectivity index (χ3n) is 2.60. The first-order valence-electron chi connectivity index (χ1n) is 6.74. The van der Waals surface area contributed by atoms with Gasteiger partial charge >= 0.3 is 0 Å². The van der Waals surface area contributed by atoms with Gasteiger partial charge in [0.15, 0.2) is 5.82 Å². The lowest BCUT2D eigenvalue weighted by Gasteiger charge is -2.09. The molecule has 116 valence electrons. The van der Waals surface area contributed by atoms with Gasteiger partial charge < -0.3 is 20.7 Å². The molecule has 3 N–H and O–H groups in total. The Morgan fingerprint density at radius 1 is 1.32 bits per heavy atom. The van der Waals surface area contributed by atoms with E-state index in [1.54, 1.807) is 7.11 Å². The molecule has 1 amide bonds. The summed E-state index contributed by atoms with van der Waals surface area (Å²) < 4.78 is 4.95. The second-order valence-corrected chi connectivity index (χ2v) is 4.47. The molecule has 0 aliphatic rings. The van der Waals surface area contributed by atoms with Crippen LogP contribution in [-0.2, 0) is 9.53 Å². The molecule has 0 atom stereocenters. The van der Waals surface area contributed by atoms with Crippen molar-refractivity contribution >= 4 is 29.0 Å². The molecule has 0 aliphatic carbocycles. The fraction of sp³-hybridized carbons (Fsp3) is 0.286. The third-order valence-corrected chi connectivity index (χ3v) is 2.60. The smallest absolute Gasteiger partial charge is 0.244 e.